The molecule has 2 aliphatic rings. The first-order valence-electron chi connectivity index (χ1n) is 13.5. The molecule has 3 N–H and O–H groups in total. The van der Waals surface area contributed by atoms with Crippen LogP contribution in [0.1, 0.15) is 32.9 Å². The normalized spacial score (nSPS) is 15.6. The molecule has 2 aliphatic heterocycles. The highest BCUT2D eigenvalue weighted by molar-refractivity contribution is 7.59. The number of amides is 2. The van der Waals surface area contributed by atoms with Gasteiger partial charge in [0.1, 0.15) is 36.8 Å². The number of benzene rings is 1. The van der Waals surface area contributed by atoms with E-state index in [1.807, 2.05) is 6.07 Å². The standard InChI is InChI=1S/C28H35N7O6.H2S/c1-18-23-5-6-34(10-19(23)3-4-25(18)40-14-22-9-29-17-41-22)13-21(36)8-30-28(38)24-7-26(32-16-31-24)33-20-11-35(12-20)27(37)15-39-2;/h3-4,7,9,16-17,20-21,36H,5-6,8,10-15H2,1-2H3,(H,30,38)(H,31,32,33);1H2/t21-;/m0./s1. The number of fused-ring (bicyclic) bond motifs is 1. The van der Waals surface area contributed by atoms with E-state index in [4.69, 9.17) is 13.9 Å². The number of anilines is 1. The lowest BCUT2D eigenvalue weighted by Gasteiger charge is -2.39. The first-order chi connectivity index (χ1) is 19.9. The average Bonchev–Trinajstić information content (AvgIpc) is 3.47. The molecule has 226 valence electrons. The lowest BCUT2D eigenvalue weighted by Crippen LogP contribution is -2.57. The summed E-state index contributed by atoms with van der Waals surface area (Å²) in [5.74, 6) is 1.55. The second-order valence-electron chi connectivity index (χ2n) is 10.3. The zero-order valence-corrected chi connectivity index (χ0v) is 24.7. The van der Waals surface area contributed by atoms with Gasteiger partial charge in [-0.15, -0.1) is 0 Å². The van der Waals surface area contributed by atoms with Crippen LogP contribution in [-0.2, 0) is 29.1 Å². The van der Waals surface area contributed by atoms with E-state index in [-0.39, 0.29) is 44.3 Å². The molecule has 0 saturated carbocycles. The van der Waals surface area contributed by atoms with Crippen LogP contribution in [0.4, 0.5) is 5.82 Å². The van der Waals surface area contributed by atoms with E-state index in [2.05, 4.69) is 43.5 Å². The van der Waals surface area contributed by atoms with Crippen molar-refractivity contribution in [3.05, 3.63) is 65.3 Å². The first-order valence-corrected chi connectivity index (χ1v) is 13.5. The Labute approximate surface area is 251 Å². The summed E-state index contributed by atoms with van der Waals surface area (Å²) in [6.07, 6.45) is 4.45. The Morgan fingerprint density at radius 1 is 1.26 bits per heavy atom. The summed E-state index contributed by atoms with van der Waals surface area (Å²) in [6.45, 7) is 5.56. The maximum absolute atomic E-state index is 12.7. The van der Waals surface area contributed by atoms with Crippen LogP contribution in [0.5, 0.6) is 5.75 Å². The smallest absolute Gasteiger partial charge is 0.270 e. The molecule has 14 heteroatoms. The van der Waals surface area contributed by atoms with Crippen molar-refractivity contribution >= 4 is 31.1 Å². The number of ether oxygens (including phenoxy) is 2. The van der Waals surface area contributed by atoms with Crippen molar-refractivity contribution in [3.63, 3.8) is 0 Å². The number of nitrogens with zero attached hydrogens (tertiary/aromatic N) is 5. The van der Waals surface area contributed by atoms with E-state index < -0.39 is 12.0 Å². The van der Waals surface area contributed by atoms with Crippen molar-refractivity contribution in [3.8, 4) is 5.75 Å². The summed E-state index contributed by atoms with van der Waals surface area (Å²) in [4.78, 5) is 40.5. The summed E-state index contributed by atoms with van der Waals surface area (Å²) in [6, 6.07) is 5.64. The number of rotatable bonds is 12. The average molecular weight is 600 g/mol. The van der Waals surface area contributed by atoms with Crippen molar-refractivity contribution in [1.82, 2.24) is 30.1 Å². The van der Waals surface area contributed by atoms with Crippen molar-refractivity contribution < 1.29 is 28.6 Å². The van der Waals surface area contributed by atoms with Crippen LogP contribution in [0, 0.1) is 6.92 Å². The minimum absolute atomic E-state index is 0. The molecule has 0 bridgehead atoms. The van der Waals surface area contributed by atoms with Crippen LogP contribution < -0.4 is 15.4 Å². The highest BCUT2D eigenvalue weighted by Gasteiger charge is 2.30. The number of β-amino-alcohol motifs (C(OH)–C–C–N with tert-alkyl or cyclic N) is 1. The van der Waals surface area contributed by atoms with Crippen LogP contribution in [-0.4, -0.2) is 100 Å². The minimum atomic E-state index is -0.740. The first kappa shape index (κ1) is 31.2. The van der Waals surface area contributed by atoms with Gasteiger partial charge in [0, 0.05) is 52.4 Å². The van der Waals surface area contributed by atoms with Gasteiger partial charge in [-0.3, -0.25) is 14.5 Å². The van der Waals surface area contributed by atoms with Gasteiger partial charge < -0.3 is 34.5 Å². The molecule has 13 nitrogen and oxygen atoms in total. The van der Waals surface area contributed by atoms with E-state index in [1.165, 1.54) is 31.0 Å². The maximum Gasteiger partial charge on any atom is 0.270 e. The summed E-state index contributed by atoms with van der Waals surface area (Å²) < 4.78 is 16.0. The van der Waals surface area contributed by atoms with Gasteiger partial charge >= 0.3 is 0 Å². The van der Waals surface area contributed by atoms with Crippen LogP contribution in [0.2, 0.25) is 0 Å². The molecule has 1 atom stereocenters. The minimum Gasteiger partial charge on any atom is -0.485 e. The third-order valence-corrected chi connectivity index (χ3v) is 7.29. The summed E-state index contributed by atoms with van der Waals surface area (Å²) in [5.41, 5.74) is 3.78. The predicted molar refractivity (Wildman–Crippen MR) is 158 cm³/mol. The molecule has 1 saturated heterocycles. The SMILES string of the molecule is COCC(=O)N1CC(Nc2cc(C(=O)NC[C@H](O)CN3CCc4c(ccc(OCc5cnco5)c4C)C3)ncn2)C1.S. The van der Waals surface area contributed by atoms with Gasteiger partial charge in [-0.25, -0.2) is 15.0 Å². The highest BCUT2D eigenvalue weighted by atomic mass is 32.1. The Bertz CT molecular complexity index is 1350. The number of hydrogen-bond donors (Lipinski definition) is 3. The zero-order valence-electron chi connectivity index (χ0n) is 23.7. The number of aromatic nitrogens is 3. The lowest BCUT2D eigenvalue weighted by molar-refractivity contribution is -0.139. The molecule has 0 radical (unpaired) electrons. The Hall–Kier alpha value is -3.72. The third-order valence-electron chi connectivity index (χ3n) is 7.29. The molecule has 1 aromatic carbocycles. The second-order valence-corrected chi connectivity index (χ2v) is 10.3. The van der Waals surface area contributed by atoms with Gasteiger partial charge in [-0.2, -0.15) is 13.5 Å². The Morgan fingerprint density at radius 3 is 2.86 bits per heavy atom. The van der Waals surface area contributed by atoms with E-state index in [9.17, 15) is 14.7 Å². The molecule has 4 heterocycles. The van der Waals surface area contributed by atoms with E-state index in [1.54, 1.807) is 17.2 Å². The highest BCUT2D eigenvalue weighted by Crippen LogP contribution is 2.30. The number of likely N-dealkylation sites (tertiary alicyclic amines) is 1. The van der Waals surface area contributed by atoms with Crippen molar-refractivity contribution in [2.75, 3.05) is 51.8 Å². The van der Waals surface area contributed by atoms with Crippen LogP contribution in [0.25, 0.3) is 0 Å². The number of oxazole rings is 1. The molecular formula is C28H37N7O6S. The number of aliphatic hydroxyl groups is 1. The number of carbonyl (C=O) groups excluding carboxylic acids is 2. The fourth-order valence-corrected chi connectivity index (χ4v) is 5.07. The fourth-order valence-electron chi connectivity index (χ4n) is 5.07. The Balaban J connectivity index is 0.00000405. The molecule has 0 aliphatic carbocycles. The van der Waals surface area contributed by atoms with Gasteiger partial charge in [0.05, 0.1) is 18.3 Å². The molecule has 2 aromatic heterocycles. The topological polar surface area (TPSA) is 155 Å². The lowest BCUT2D eigenvalue weighted by atomic mass is 9.94. The number of nitrogens with one attached hydrogen (secondary N) is 2. The van der Waals surface area contributed by atoms with Crippen molar-refractivity contribution in [2.45, 2.75) is 38.6 Å². The third kappa shape index (κ3) is 7.76. The second kappa shape index (κ2) is 14.4. The molecule has 1 fully saturated rings. The van der Waals surface area contributed by atoms with Crippen LogP contribution >= 0.6 is 13.5 Å². The fraction of sp³-hybridized carbons (Fsp3) is 0.464. The number of methoxy groups -OCH3 is 1. The van der Waals surface area contributed by atoms with Crippen molar-refractivity contribution in [1.29, 1.82) is 0 Å². The molecule has 0 unspecified atom stereocenters. The maximum atomic E-state index is 12.7. The van der Waals surface area contributed by atoms with Crippen molar-refractivity contribution in [2.24, 2.45) is 0 Å². The summed E-state index contributed by atoms with van der Waals surface area (Å²) in [5, 5.41) is 16.6. The largest absolute Gasteiger partial charge is 0.485 e. The van der Waals surface area contributed by atoms with Crippen LogP contribution in [0.15, 0.2) is 41.5 Å². The molecule has 3 aromatic rings. The van der Waals surface area contributed by atoms with Gasteiger partial charge in [0.15, 0.2) is 12.2 Å². The number of aliphatic hydroxyl groups excluding tert-OH is 1. The van der Waals surface area contributed by atoms with Gasteiger partial charge in [-0.05, 0) is 36.1 Å². The number of carbonyl (C=O) groups is 2. The van der Waals surface area contributed by atoms with Crippen LogP contribution in [0.3, 0.4) is 0 Å². The summed E-state index contributed by atoms with van der Waals surface area (Å²) >= 11 is 0. The predicted octanol–water partition coefficient (Wildman–Crippen LogP) is 0.883. The van der Waals surface area contributed by atoms with E-state index in [0.717, 1.165) is 24.3 Å². The van der Waals surface area contributed by atoms with Gasteiger partial charge in [0.2, 0.25) is 5.91 Å². The molecule has 0 spiro atoms. The Morgan fingerprint density at radius 2 is 2.10 bits per heavy atom. The van der Waals surface area contributed by atoms with Gasteiger partial charge in [0.25, 0.3) is 5.91 Å². The molecule has 42 heavy (non-hydrogen) atoms. The molecular weight excluding hydrogens is 562 g/mol. The molecule has 5 rings (SSSR count). The summed E-state index contributed by atoms with van der Waals surface area (Å²) in [7, 11) is 1.49. The van der Waals surface area contributed by atoms with E-state index in [0.29, 0.717) is 44.4 Å². The number of hydrogen-bond acceptors (Lipinski definition) is 11. The van der Waals surface area contributed by atoms with E-state index >= 15 is 0 Å². The zero-order chi connectivity index (χ0) is 28.8. The quantitative estimate of drug-likeness (QED) is 0.272. The molecule has 2 amide bonds. The Kier molecular flexibility index (Phi) is 10.7. The monoisotopic (exact) mass is 599 g/mol. The van der Waals surface area contributed by atoms with Gasteiger partial charge in [-0.1, -0.05) is 6.07 Å².